The van der Waals surface area contributed by atoms with E-state index < -0.39 is 50.2 Å². The van der Waals surface area contributed by atoms with Gasteiger partial charge in [-0.25, -0.2) is 16.8 Å². The number of hydrogen-bond acceptors (Lipinski definition) is 9. The molecule has 0 aromatic heterocycles. The highest BCUT2D eigenvalue weighted by atomic mass is 32.2. The van der Waals surface area contributed by atoms with Crippen LogP contribution in [0.4, 0.5) is 11.4 Å². The minimum absolute atomic E-state index is 0.0887. The molecule has 0 radical (unpaired) electrons. The fourth-order valence-electron chi connectivity index (χ4n) is 2.57. The zero-order valence-corrected chi connectivity index (χ0v) is 16.3. The molecule has 2 aromatic rings. The van der Waals surface area contributed by atoms with Crippen molar-refractivity contribution >= 4 is 36.8 Å². The molecule has 9 nitrogen and oxygen atoms in total. The molecular formula is C17H20N2O7S2. The Labute approximate surface area is 162 Å². The second-order valence-electron chi connectivity index (χ2n) is 5.92. The van der Waals surface area contributed by atoms with Crippen LogP contribution in [0.2, 0.25) is 0 Å². The van der Waals surface area contributed by atoms with E-state index in [1.807, 2.05) is 0 Å². The maximum atomic E-state index is 12.6. The molecule has 0 saturated carbocycles. The molecule has 0 heterocycles. The maximum absolute atomic E-state index is 12.6. The Bertz CT molecular complexity index is 1020. The zero-order chi connectivity index (χ0) is 21.1. The lowest BCUT2D eigenvalue weighted by molar-refractivity contribution is 0.103. The summed E-state index contributed by atoms with van der Waals surface area (Å²) >= 11 is 0. The van der Waals surface area contributed by atoms with Crippen LogP contribution in [0.5, 0.6) is 0 Å². The lowest BCUT2D eigenvalue weighted by atomic mass is 10.0. The van der Waals surface area contributed by atoms with E-state index in [-0.39, 0.29) is 32.3 Å². The first-order chi connectivity index (χ1) is 13.0. The van der Waals surface area contributed by atoms with Crippen LogP contribution in [-0.2, 0) is 19.7 Å². The van der Waals surface area contributed by atoms with Crippen molar-refractivity contribution in [3.63, 3.8) is 0 Å². The summed E-state index contributed by atoms with van der Waals surface area (Å²) in [6.07, 6.45) is 0. The van der Waals surface area contributed by atoms with Gasteiger partial charge in [-0.1, -0.05) is 0 Å². The minimum Gasteiger partial charge on any atom is -0.398 e. The molecule has 152 valence electrons. The van der Waals surface area contributed by atoms with E-state index in [0.29, 0.717) is 0 Å². The average molecular weight is 428 g/mol. The SMILES string of the molecule is Nc1cc(C(=O)c2ccc(S(=O)(=O)CCO)c(N)c2)ccc1S(=O)(=O)CCO. The molecule has 28 heavy (non-hydrogen) atoms. The van der Waals surface area contributed by atoms with Gasteiger partial charge in [0.25, 0.3) is 0 Å². The van der Waals surface area contributed by atoms with Crippen LogP contribution in [-0.4, -0.2) is 57.6 Å². The number of benzene rings is 2. The number of rotatable bonds is 8. The van der Waals surface area contributed by atoms with Gasteiger partial charge in [-0.15, -0.1) is 0 Å². The third-order valence-electron chi connectivity index (χ3n) is 3.93. The Morgan fingerprint density at radius 2 is 1.11 bits per heavy atom. The molecule has 11 heteroatoms. The second kappa shape index (κ2) is 8.27. The van der Waals surface area contributed by atoms with Crippen molar-refractivity contribution in [2.75, 3.05) is 36.2 Å². The van der Waals surface area contributed by atoms with Crippen molar-refractivity contribution in [1.82, 2.24) is 0 Å². The van der Waals surface area contributed by atoms with Crippen molar-refractivity contribution in [3.05, 3.63) is 47.5 Å². The molecule has 0 amide bonds. The number of ketones is 1. The highest BCUT2D eigenvalue weighted by Crippen LogP contribution is 2.25. The topological polar surface area (TPSA) is 178 Å². The Balaban J connectivity index is 2.40. The van der Waals surface area contributed by atoms with Gasteiger partial charge in [0.2, 0.25) is 0 Å². The van der Waals surface area contributed by atoms with Gasteiger partial charge < -0.3 is 21.7 Å². The quantitative estimate of drug-likeness (QED) is 0.322. The summed E-state index contributed by atoms with van der Waals surface area (Å²) in [5.41, 5.74) is 11.4. The number of carbonyl (C=O) groups excluding carboxylic acids is 1. The van der Waals surface area contributed by atoms with Crippen molar-refractivity contribution < 1.29 is 31.8 Å². The van der Waals surface area contributed by atoms with E-state index in [2.05, 4.69) is 0 Å². The molecule has 0 aliphatic carbocycles. The van der Waals surface area contributed by atoms with E-state index in [0.717, 1.165) is 0 Å². The Morgan fingerprint density at radius 3 is 1.39 bits per heavy atom. The molecule has 0 aliphatic heterocycles. The van der Waals surface area contributed by atoms with Crippen LogP contribution in [0.1, 0.15) is 15.9 Å². The summed E-state index contributed by atoms with van der Waals surface area (Å²) in [7, 11) is -7.55. The molecule has 0 aliphatic rings. The number of sulfone groups is 2. The van der Waals surface area contributed by atoms with Crippen molar-refractivity contribution in [2.24, 2.45) is 0 Å². The number of nitrogen functional groups attached to an aromatic ring is 2. The average Bonchev–Trinajstić information content (AvgIpc) is 2.60. The maximum Gasteiger partial charge on any atom is 0.193 e. The van der Waals surface area contributed by atoms with E-state index in [1.165, 1.54) is 36.4 Å². The fraction of sp³-hybridized carbons (Fsp3) is 0.235. The first-order valence-electron chi connectivity index (χ1n) is 8.04. The first kappa shape index (κ1) is 21.8. The number of hydrogen-bond donors (Lipinski definition) is 4. The summed E-state index contributed by atoms with van der Waals surface area (Å²) in [6, 6.07) is 7.29. The molecule has 0 unspecified atom stereocenters. The Kier molecular flexibility index (Phi) is 6.44. The summed E-state index contributed by atoms with van der Waals surface area (Å²) in [4.78, 5) is 12.3. The van der Waals surface area contributed by atoms with Crippen LogP contribution in [0.3, 0.4) is 0 Å². The monoisotopic (exact) mass is 428 g/mol. The number of aliphatic hydroxyl groups excluding tert-OH is 2. The summed E-state index contributed by atoms with van der Waals surface area (Å²) in [5, 5.41) is 17.7. The molecule has 0 fully saturated rings. The standard InChI is InChI=1S/C17H20N2O7S2/c18-13-9-11(1-3-15(13)27(23,24)7-5-20)17(22)12-2-4-16(14(19)10-12)28(25,26)8-6-21/h1-4,9-10,20-21H,5-8,18-19H2. The number of anilines is 2. The number of aliphatic hydroxyl groups is 2. The summed E-state index contributed by atoms with van der Waals surface area (Å²) in [5.74, 6) is -1.52. The number of nitrogens with two attached hydrogens (primary N) is 2. The molecule has 0 atom stereocenters. The Morgan fingerprint density at radius 1 is 0.750 bits per heavy atom. The van der Waals surface area contributed by atoms with Gasteiger partial charge in [0, 0.05) is 11.1 Å². The first-order valence-corrected chi connectivity index (χ1v) is 11.3. The second-order valence-corrected chi connectivity index (χ2v) is 10.1. The molecule has 0 bridgehead atoms. The highest BCUT2D eigenvalue weighted by molar-refractivity contribution is 7.91. The van der Waals surface area contributed by atoms with Crippen molar-refractivity contribution in [3.8, 4) is 0 Å². The van der Waals surface area contributed by atoms with Gasteiger partial charge in [-0.2, -0.15) is 0 Å². The van der Waals surface area contributed by atoms with E-state index in [9.17, 15) is 21.6 Å². The third-order valence-corrected chi connectivity index (χ3v) is 7.46. The summed E-state index contributed by atoms with van der Waals surface area (Å²) < 4.78 is 48.1. The van der Waals surface area contributed by atoms with Gasteiger partial charge in [-0.05, 0) is 36.4 Å². The highest BCUT2D eigenvalue weighted by Gasteiger charge is 2.21. The van der Waals surface area contributed by atoms with Gasteiger partial charge in [0.1, 0.15) is 0 Å². The van der Waals surface area contributed by atoms with Gasteiger partial charge in [0.05, 0.1) is 45.9 Å². The molecule has 0 saturated heterocycles. The predicted octanol–water partition coefficient (Wildman–Crippen LogP) is -0.386. The van der Waals surface area contributed by atoms with Crippen LogP contribution in [0, 0.1) is 0 Å². The van der Waals surface area contributed by atoms with E-state index >= 15 is 0 Å². The van der Waals surface area contributed by atoms with Gasteiger partial charge in [0.15, 0.2) is 25.5 Å². The predicted molar refractivity (Wildman–Crippen MR) is 103 cm³/mol. The normalized spacial score (nSPS) is 12.1. The van der Waals surface area contributed by atoms with Gasteiger partial charge >= 0.3 is 0 Å². The largest absolute Gasteiger partial charge is 0.398 e. The molecule has 0 spiro atoms. The van der Waals surface area contributed by atoms with Crippen molar-refractivity contribution in [1.29, 1.82) is 0 Å². The van der Waals surface area contributed by atoms with Crippen molar-refractivity contribution in [2.45, 2.75) is 9.79 Å². The number of carbonyl (C=O) groups is 1. The smallest absolute Gasteiger partial charge is 0.193 e. The summed E-state index contributed by atoms with van der Waals surface area (Å²) in [6.45, 7) is -1.12. The third kappa shape index (κ3) is 4.50. The Hall–Kier alpha value is -2.47. The molecule has 6 N–H and O–H groups in total. The van der Waals surface area contributed by atoms with Gasteiger partial charge in [-0.3, -0.25) is 4.79 Å². The molecule has 2 aromatic carbocycles. The lowest BCUT2D eigenvalue weighted by Gasteiger charge is -2.10. The van der Waals surface area contributed by atoms with E-state index in [1.54, 1.807) is 0 Å². The lowest BCUT2D eigenvalue weighted by Crippen LogP contribution is -2.14. The molecule has 2 rings (SSSR count). The van der Waals surface area contributed by atoms with E-state index in [4.69, 9.17) is 21.7 Å². The van der Waals surface area contributed by atoms with Crippen LogP contribution in [0.15, 0.2) is 46.2 Å². The zero-order valence-electron chi connectivity index (χ0n) is 14.7. The van der Waals surface area contributed by atoms with Crippen LogP contribution >= 0.6 is 0 Å². The molecular weight excluding hydrogens is 408 g/mol. The van der Waals surface area contributed by atoms with Crippen LogP contribution in [0.25, 0.3) is 0 Å². The van der Waals surface area contributed by atoms with Crippen LogP contribution < -0.4 is 11.5 Å². The fourth-order valence-corrected chi connectivity index (χ4v) is 4.88. The minimum atomic E-state index is -3.78.